The van der Waals surface area contributed by atoms with Crippen LogP contribution in [0.1, 0.15) is 42.4 Å². The molecule has 2 aromatic heterocycles. The maximum atomic E-state index is 12.7. The van der Waals surface area contributed by atoms with Gasteiger partial charge in [0.15, 0.2) is 11.3 Å². The third kappa shape index (κ3) is 3.52. The van der Waals surface area contributed by atoms with Gasteiger partial charge in [-0.05, 0) is 63.4 Å². The molecule has 1 fully saturated rings. The molecule has 0 spiro atoms. The number of benzene rings is 1. The van der Waals surface area contributed by atoms with Gasteiger partial charge in [0.2, 0.25) is 0 Å². The van der Waals surface area contributed by atoms with Crippen molar-refractivity contribution in [2.24, 2.45) is 0 Å². The standard InChI is InChI=1S/C21H24N4O2/c1-3-27-17-9-7-16(8-10-17)18-13-15(2)25-20(22-18)14-19(23-25)21(26)24-11-5-4-6-12-24/h7-10,13-14H,3-6,11-12H2,1-2H3. The number of fused-ring (bicyclic) bond motifs is 1. The molecule has 1 aliphatic rings. The summed E-state index contributed by atoms with van der Waals surface area (Å²) >= 11 is 0. The smallest absolute Gasteiger partial charge is 0.274 e. The number of hydrogen-bond donors (Lipinski definition) is 0. The number of aromatic nitrogens is 3. The maximum absolute atomic E-state index is 12.7. The molecular weight excluding hydrogens is 340 g/mol. The Morgan fingerprint density at radius 2 is 1.85 bits per heavy atom. The summed E-state index contributed by atoms with van der Waals surface area (Å²) in [4.78, 5) is 19.4. The van der Waals surface area contributed by atoms with Crippen LogP contribution in [0.2, 0.25) is 0 Å². The lowest BCUT2D eigenvalue weighted by Gasteiger charge is -2.25. The van der Waals surface area contributed by atoms with E-state index in [-0.39, 0.29) is 5.91 Å². The number of amides is 1. The average molecular weight is 364 g/mol. The first-order valence-corrected chi connectivity index (χ1v) is 9.55. The van der Waals surface area contributed by atoms with Crippen LogP contribution in [0.5, 0.6) is 5.75 Å². The van der Waals surface area contributed by atoms with E-state index >= 15 is 0 Å². The monoisotopic (exact) mass is 364 g/mol. The Labute approximate surface area is 158 Å². The first kappa shape index (κ1) is 17.5. The highest BCUT2D eigenvalue weighted by Crippen LogP contribution is 2.23. The van der Waals surface area contributed by atoms with Crippen LogP contribution in [0.25, 0.3) is 16.9 Å². The van der Waals surface area contributed by atoms with Crippen LogP contribution in [-0.2, 0) is 0 Å². The van der Waals surface area contributed by atoms with Crippen LogP contribution in [0.3, 0.4) is 0 Å². The molecule has 3 heterocycles. The first-order chi connectivity index (χ1) is 13.2. The van der Waals surface area contributed by atoms with Crippen LogP contribution < -0.4 is 4.74 Å². The number of hydrogen-bond acceptors (Lipinski definition) is 4. The maximum Gasteiger partial charge on any atom is 0.274 e. The normalized spacial score (nSPS) is 14.5. The molecular formula is C21H24N4O2. The van der Waals surface area contributed by atoms with Crippen molar-refractivity contribution in [3.8, 4) is 17.0 Å². The van der Waals surface area contributed by atoms with E-state index < -0.39 is 0 Å². The van der Waals surface area contributed by atoms with E-state index in [0.717, 1.165) is 48.6 Å². The fourth-order valence-corrected chi connectivity index (χ4v) is 3.53. The van der Waals surface area contributed by atoms with Crippen molar-refractivity contribution in [2.75, 3.05) is 19.7 Å². The van der Waals surface area contributed by atoms with Gasteiger partial charge in [0.25, 0.3) is 5.91 Å². The van der Waals surface area contributed by atoms with E-state index in [1.807, 2.05) is 49.1 Å². The van der Waals surface area contributed by atoms with Crippen molar-refractivity contribution < 1.29 is 9.53 Å². The van der Waals surface area contributed by atoms with Crippen LogP contribution in [0, 0.1) is 6.92 Å². The molecule has 6 nitrogen and oxygen atoms in total. The van der Waals surface area contributed by atoms with E-state index in [4.69, 9.17) is 9.72 Å². The molecule has 0 N–H and O–H groups in total. The molecule has 3 aromatic rings. The third-order valence-electron chi connectivity index (χ3n) is 4.93. The van der Waals surface area contributed by atoms with E-state index in [1.165, 1.54) is 6.42 Å². The van der Waals surface area contributed by atoms with Gasteiger partial charge < -0.3 is 9.64 Å². The summed E-state index contributed by atoms with van der Waals surface area (Å²) in [5.41, 5.74) is 3.98. The molecule has 0 aliphatic carbocycles. The number of likely N-dealkylation sites (tertiary alicyclic amines) is 1. The van der Waals surface area contributed by atoms with E-state index in [9.17, 15) is 4.79 Å². The topological polar surface area (TPSA) is 59.7 Å². The summed E-state index contributed by atoms with van der Waals surface area (Å²) in [6.07, 6.45) is 3.33. The van der Waals surface area contributed by atoms with Crippen molar-refractivity contribution in [3.05, 3.63) is 47.8 Å². The number of rotatable bonds is 4. The quantitative estimate of drug-likeness (QED) is 0.708. The second-order valence-corrected chi connectivity index (χ2v) is 6.89. The molecule has 0 unspecified atom stereocenters. The minimum absolute atomic E-state index is 0.00205. The van der Waals surface area contributed by atoms with Gasteiger partial charge in [0.1, 0.15) is 5.75 Å². The molecule has 0 radical (unpaired) electrons. The highest BCUT2D eigenvalue weighted by Gasteiger charge is 2.21. The van der Waals surface area contributed by atoms with Gasteiger partial charge in [0, 0.05) is 30.4 Å². The highest BCUT2D eigenvalue weighted by molar-refractivity contribution is 5.93. The molecule has 0 bridgehead atoms. The third-order valence-corrected chi connectivity index (χ3v) is 4.93. The average Bonchev–Trinajstić information content (AvgIpc) is 3.14. The molecule has 1 amide bonds. The lowest BCUT2D eigenvalue weighted by molar-refractivity contribution is 0.0718. The molecule has 0 saturated carbocycles. The number of carbonyl (C=O) groups excluding carboxylic acids is 1. The Morgan fingerprint density at radius 3 is 2.56 bits per heavy atom. The molecule has 27 heavy (non-hydrogen) atoms. The largest absolute Gasteiger partial charge is 0.494 e. The van der Waals surface area contributed by atoms with Gasteiger partial charge in [-0.3, -0.25) is 4.79 Å². The van der Waals surface area contributed by atoms with Crippen molar-refractivity contribution in [1.82, 2.24) is 19.5 Å². The molecule has 1 saturated heterocycles. The van der Waals surface area contributed by atoms with E-state index in [1.54, 1.807) is 10.6 Å². The van der Waals surface area contributed by atoms with Crippen molar-refractivity contribution in [3.63, 3.8) is 0 Å². The van der Waals surface area contributed by atoms with Crippen LogP contribution in [-0.4, -0.2) is 45.1 Å². The summed E-state index contributed by atoms with van der Waals surface area (Å²) in [6.45, 7) is 6.23. The molecule has 0 atom stereocenters. The Kier molecular flexibility index (Phi) is 4.79. The fourth-order valence-electron chi connectivity index (χ4n) is 3.53. The fraction of sp³-hybridized carbons (Fsp3) is 0.381. The number of aryl methyl sites for hydroxylation is 1. The molecule has 6 heteroatoms. The number of nitrogens with zero attached hydrogens (tertiary/aromatic N) is 4. The van der Waals surface area contributed by atoms with Crippen LogP contribution in [0.4, 0.5) is 0 Å². The Morgan fingerprint density at radius 1 is 1.11 bits per heavy atom. The minimum Gasteiger partial charge on any atom is -0.494 e. The zero-order valence-electron chi connectivity index (χ0n) is 15.8. The summed E-state index contributed by atoms with van der Waals surface area (Å²) in [6, 6.07) is 11.7. The minimum atomic E-state index is 0.00205. The van der Waals surface area contributed by atoms with Crippen molar-refractivity contribution in [1.29, 1.82) is 0 Å². The Balaban J connectivity index is 1.65. The SMILES string of the molecule is CCOc1ccc(-c2cc(C)n3nc(C(=O)N4CCCCC4)cc3n2)cc1. The van der Waals surface area contributed by atoms with Gasteiger partial charge in [0.05, 0.1) is 12.3 Å². The summed E-state index contributed by atoms with van der Waals surface area (Å²) in [7, 11) is 0. The zero-order chi connectivity index (χ0) is 18.8. The van der Waals surface area contributed by atoms with Gasteiger partial charge >= 0.3 is 0 Å². The summed E-state index contributed by atoms with van der Waals surface area (Å²) in [5.74, 6) is 0.847. The van der Waals surface area contributed by atoms with Gasteiger partial charge in [-0.2, -0.15) is 5.10 Å². The van der Waals surface area contributed by atoms with E-state index in [2.05, 4.69) is 5.10 Å². The van der Waals surface area contributed by atoms with Crippen LogP contribution >= 0.6 is 0 Å². The number of ether oxygens (including phenoxy) is 1. The first-order valence-electron chi connectivity index (χ1n) is 9.55. The zero-order valence-corrected chi connectivity index (χ0v) is 15.8. The summed E-state index contributed by atoms with van der Waals surface area (Å²) in [5, 5.41) is 4.50. The van der Waals surface area contributed by atoms with Gasteiger partial charge in [-0.1, -0.05) is 0 Å². The summed E-state index contributed by atoms with van der Waals surface area (Å²) < 4.78 is 7.25. The Hall–Kier alpha value is -2.89. The molecule has 4 rings (SSSR count). The molecule has 1 aliphatic heterocycles. The highest BCUT2D eigenvalue weighted by atomic mass is 16.5. The molecule has 1 aromatic carbocycles. The van der Waals surface area contributed by atoms with E-state index in [0.29, 0.717) is 17.9 Å². The van der Waals surface area contributed by atoms with Crippen molar-refractivity contribution in [2.45, 2.75) is 33.1 Å². The Bertz CT molecular complexity index is 956. The second kappa shape index (κ2) is 7.39. The number of piperidine rings is 1. The lowest BCUT2D eigenvalue weighted by Crippen LogP contribution is -2.35. The predicted octanol–water partition coefficient (Wildman–Crippen LogP) is 3.73. The second-order valence-electron chi connectivity index (χ2n) is 6.89. The van der Waals surface area contributed by atoms with Gasteiger partial charge in [-0.15, -0.1) is 0 Å². The van der Waals surface area contributed by atoms with Crippen molar-refractivity contribution >= 4 is 11.6 Å². The lowest BCUT2D eigenvalue weighted by atomic mass is 10.1. The predicted molar refractivity (Wildman–Crippen MR) is 104 cm³/mol. The van der Waals surface area contributed by atoms with Crippen LogP contribution in [0.15, 0.2) is 36.4 Å². The van der Waals surface area contributed by atoms with Gasteiger partial charge in [-0.25, -0.2) is 9.50 Å². The number of carbonyl (C=O) groups is 1. The molecule has 140 valence electrons.